The summed E-state index contributed by atoms with van der Waals surface area (Å²) < 4.78 is 27.4. The number of nitrogens with zero attached hydrogens (tertiary/aromatic N) is 3. The topological polar surface area (TPSA) is 90.0 Å². The molecule has 2 aliphatic heterocycles. The molecule has 2 amide bonds. The fourth-order valence-corrected chi connectivity index (χ4v) is 5.31. The van der Waals surface area contributed by atoms with Crippen LogP contribution in [0.25, 0.3) is 0 Å². The molecule has 1 N–H and O–H groups in total. The molecule has 0 spiro atoms. The minimum absolute atomic E-state index is 0.0313. The Bertz CT molecular complexity index is 850. The van der Waals surface area contributed by atoms with Crippen LogP contribution in [0.3, 0.4) is 0 Å². The fraction of sp³-hybridized carbons (Fsp3) is 0.600. The maximum absolute atomic E-state index is 13.0. The van der Waals surface area contributed by atoms with Crippen molar-refractivity contribution in [3.63, 3.8) is 0 Å². The Kier molecular flexibility index (Phi) is 6.92. The van der Waals surface area contributed by atoms with Crippen molar-refractivity contribution in [2.75, 3.05) is 45.1 Å². The average molecular weight is 423 g/mol. The normalized spacial score (nSPS) is 21.7. The Morgan fingerprint density at radius 2 is 1.83 bits per heavy atom. The van der Waals surface area contributed by atoms with E-state index in [9.17, 15) is 18.0 Å². The quantitative estimate of drug-likeness (QED) is 0.774. The molecule has 2 aliphatic rings. The number of rotatable bonds is 5. The van der Waals surface area contributed by atoms with Gasteiger partial charge in [-0.25, -0.2) is 8.42 Å². The number of hydrogen-bond acceptors (Lipinski definition) is 5. The molecular formula is C20H30N4O4S. The fourth-order valence-electron chi connectivity index (χ4n) is 3.84. The molecular weight excluding hydrogens is 392 g/mol. The molecule has 3 rings (SSSR count). The van der Waals surface area contributed by atoms with Gasteiger partial charge < -0.3 is 15.1 Å². The molecule has 0 radical (unpaired) electrons. The van der Waals surface area contributed by atoms with Gasteiger partial charge in [0.25, 0.3) is 0 Å². The van der Waals surface area contributed by atoms with Crippen molar-refractivity contribution in [2.45, 2.75) is 43.5 Å². The lowest BCUT2D eigenvalue weighted by Gasteiger charge is -2.34. The SMILES string of the molecule is CCC(=O)N1CCCCC1C(=O)Nc1cccc(S(=O)(=O)N2CCN(C)CC2)c1. The Morgan fingerprint density at radius 1 is 1.10 bits per heavy atom. The smallest absolute Gasteiger partial charge is 0.247 e. The highest BCUT2D eigenvalue weighted by Crippen LogP contribution is 2.23. The Balaban J connectivity index is 1.74. The zero-order valence-electron chi connectivity index (χ0n) is 17.1. The summed E-state index contributed by atoms with van der Waals surface area (Å²) in [5.74, 6) is -0.295. The summed E-state index contributed by atoms with van der Waals surface area (Å²) in [5, 5.41) is 2.82. The van der Waals surface area contributed by atoms with Crippen molar-refractivity contribution >= 4 is 27.5 Å². The zero-order chi connectivity index (χ0) is 21.0. The van der Waals surface area contributed by atoms with Gasteiger partial charge in [0.2, 0.25) is 21.8 Å². The van der Waals surface area contributed by atoms with Crippen LogP contribution >= 0.6 is 0 Å². The highest BCUT2D eigenvalue weighted by molar-refractivity contribution is 7.89. The van der Waals surface area contributed by atoms with E-state index in [1.165, 1.54) is 10.4 Å². The first-order chi connectivity index (χ1) is 13.8. The number of benzene rings is 1. The van der Waals surface area contributed by atoms with Crippen LogP contribution in [0.4, 0.5) is 5.69 Å². The number of anilines is 1. The highest BCUT2D eigenvalue weighted by atomic mass is 32.2. The Morgan fingerprint density at radius 3 is 2.52 bits per heavy atom. The summed E-state index contributed by atoms with van der Waals surface area (Å²) in [7, 11) is -1.64. The molecule has 0 aromatic heterocycles. The van der Waals surface area contributed by atoms with Crippen LogP contribution in [0.1, 0.15) is 32.6 Å². The van der Waals surface area contributed by atoms with Crippen LogP contribution < -0.4 is 5.32 Å². The number of likely N-dealkylation sites (N-methyl/N-ethyl adjacent to an activating group) is 1. The van der Waals surface area contributed by atoms with E-state index >= 15 is 0 Å². The second kappa shape index (κ2) is 9.23. The van der Waals surface area contributed by atoms with E-state index < -0.39 is 16.1 Å². The van der Waals surface area contributed by atoms with Gasteiger partial charge in [0.05, 0.1) is 4.90 Å². The number of piperazine rings is 1. The zero-order valence-corrected chi connectivity index (χ0v) is 18.0. The third-order valence-corrected chi connectivity index (χ3v) is 7.52. The molecule has 0 bridgehead atoms. The van der Waals surface area contributed by atoms with Crippen LogP contribution in [-0.2, 0) is 19.6 Å². The van der Waals surface area contributed by atoms with E-state index in [1.807, 2.05) is 7.05 Å². The lowest BCUT2D eigenvalue weighted by molar-refractivity contribution is -0.140. The molecule has 8 nitrogen and oxygen atoms in total. The number of hydrogen-bond donors (Lipinski definition) is 1. The standard InChI is InChI=1S/C20H30N4O4S/c1-3-19(25)24-10-5-4-9-18(24)20(26)21-16-7-6-8-17(15-16)29(27,28)23-13-11-22(2)12-14-23/h6-8,15,18H,3-5,9-14H2,1-2H3,(H,21,26). The van der Waals surface area contributed by atoms with Crippen LogP contribution in [0.15, 0.2) is 29.2 Å². The van der Waals surface area contributed by atoms with Gasteiger partial charge in [0, 0.05) is 44.8 Å². The number of nitrogens with one attached hydrogen (secondary N) is 1. The largest absolute Gasteiger partial charge is 0.331 e. The van der Waals surface area contributed by atoms with Gasteiger partial charge in [-0.05, 0) is 44.5 Å². The van der Waals surface area contributed by atoms with Crippen molar-refractivity contribution in [2.24, 2.45) is 0 Å². The lowest BCUT2D eigenvalue weighted by Crippen LogP contribution is -2.49. The molecule has 1 aromatic rings. The van der Waals surface area contributed by atoms with Crippen LogP contribution in [0.5, 0.6) is 0 Å². The van der Waals surface area contributed by atoms with Crippen molar-refractivity contribution in [1.82, 2.24) is 14.1 Å². The van der Waals surface area contributed by atoms with Gasteiger partial charge in [0.15, 0.2) is 0 Å². The minimum Gasteiger partial charge on any atom is -0.331 e. The van der Waals surface area contributed by atoms with Gasteiger partial charge in [-0.2, -0.15) is 4.31 Å². The first kappa shape index (κ1) is 21.7. The van der Waals surface area contributed by atoms with Gasteiger partial charge in [-0.1, -0.05) is 13.0 Å². The number of amides is 2. The monoisotopic (exact) mass is 422 g/mol. The van der Waals surface area contributed by atoms with E-state index in [0.29, 0.717) is 51.3 Å². The summed E-state index contributed by atoms with van der Waals surface area (Å²) in [4.78, 5) is 28.9. The van der Waals surface area contributed by atoms with Crippen LogP contribution in [0.2, 0.25) is 0 Å². The molecule has 0 saturated carbocycles. The van der Waals surface area contributed by atoms with Crippen molar-refractivity contribution in [3.8, 4) is 0 Å². The predicted molar refractivity (Wildman–Crippen MR) is 111 cm³/mol. The van der Waals surface area contributed by atoms with Gasteiger partial charge in [-0.15, -0.1) is 0 Å². The van der Waals surface area contributed by atoms with Crippen molar-refractivity contribution in [3.05, 3.63) is 24.3 Å². The average Bonchev–Trinajstić information content (AvgIpc) is 2.73. The third-order valence-electron chi connectivity index (χ3n) is 5.63. The molecule has 29 heavy (non-hydrogen) atoms. The van der Waals surface area contributed by atoms with E-state index in [0.717, 1.165) is 12.8 Å². The number of sulfonamides is 1. The van der Waals surface area contributed by atoms with E-state index in [2.05, 4.69) is 10.2 Å². The molecule has 9 heteroatoms. The van der Waals surface area contributed by atoms with E-state index in [4.69, 9.17) is 0 Å². The summed E-state index contributed by atoms with van der Waals surface area (Å²) in [6.45, 7) is 4.66. The minimum atomic E-state index is -3.61. The first-order valence-electron chi connectivity index (χ1n) is 10.2. The molecule has 2 fully saturated rings. The Hall–Kier alpha value is -1.97. The molecule has 160 valence electrons. The van der Waals surface area contributed by atoms with Crippen LogP contribution in [0, 0.1) is 0 Å². The van der Waals surface area contributed by atoms with E-state index in [-0.39, 0.29) is 16.7 Å². The van der Waals surface area contributed by atoms with Gasteiger partial charge in [-0.3, -0.25) is 9.59 Å². The lowest BCUT2D eigenvalue weighted by atomic mass is 10.0. The third kappa shape index (κ3) is 4.96. The molecule has 2 saturated heterocycles. The predicted octanol–water partition coefficient (Wildman–Crippen LogP) is 1.35. The van der Waals surface area contributed by atoms with E-state index in [1.54, 1.807) is 30.0 Å². The molecule has 2 heterocycles. The molecule has 1 unspecified atom stereocenters. The molecule has 1 aromatic carbocycles. The first-order valence-corrected chi connectivity index (χ1v) is 11.7. The summed E-state index contributed by atoms with van der Waals surface area (Å²) in [6.07, 6.45) is 2.77. The maximum Gasteiger partial charge on any atom is 0.247 e. The number of carbonyl (C=O) groups is 2. The van der Waals surface area contributed by atoms with Crippen LogP contribution in [-0.4, -0.2) is 80.2 Å². The maximum atomic E-state index is 13.0. The summed E-state index contributed by atoms with van der Waals surface area (Å²) in [6, 6.07) is 5.86. The molecule has 0 aliphatic carbocycles. The number of carbonyl (C=O) groups excluding carboxylic acids is 2. The van der Waals surface area contributed by atoms with Gasteiger partial charge >= 0.3 is 0 Å². The summed E-state index contributed by atoms with van der Waals surface area (Å²) in [5.41, 5.74) is 0.430. The second-order valence-corrected chi connectivity index (χ2v) is 9.61. The molecule has 1 atom stereocenters. The second-order valence-electron chi connectivity index (χ2n) is 7.68. The summed E-state index contributed by atoms with van der Waals surface area (Å²) >= 11 is 0. The van der Waals surface area contributed by atoms with Crippen molar-refractivity contribution in [1.29, 1.82) is 0 Å². The van der Waals surface area contributed by atoms with Gasteiger partial charge in [0.1, 0.15) is 6.04 Å². The number of likely N-dealkylation sites (tertiary alicyclic amines) is 1. The highest BCUT2D eigenvalue weighted by Gasteiger charge is 2.32. The van der Waals surface area contributed by atoms with Crippen molar-refractivity contribution < 1.29 is 18.0 Å². The number of piperidine rings is 1. The Labute approximate surface area is 172 Å².